The van der Waals surface area contributed by atoms with Crippen LogP contribution in [-0.4, -0.2) is 23.3 Å². The van der Waals surface area contributed by atoms with Gasteiger partial charge in [-0.25, -0.2) is 13.2 Å². The Balaban J connectivity index is 1.87. The molecule has 0 radical (unpaired) electrons. The van der Waals surface area contributed by atoms with Gasteiger partial charge in [-0.15, -0.1) is 0 Å². The zero-order chi connectivity index (χ0) is 23.0. The van der Waals surface area contributed by atoms with E-state index in [1.54, 1.807) is 37.3 Å². The van der Waals surface area contributed by atoms with Crippen LogP contribution >= 0.6 is 19.5 Å². The highest BCUT2D eigenvalue weighted by molar-refractivity contribution is 7.63. The van der Waals surface area contributed by atoms with Crippen LogP contribution in [0.15, 0.2) is 48.7 Å². The van der Waals surface area contributed by atoms with Gasteiger partial charge in [0.2, 0.25) is 0 Å². The predicted octanol–water partition coefficient (Wildman–Crippen LogP) is 6.65. The summed E-state index contributed by atoms with van der Waals surface area (Å²) >= 11 is 6.45. The number of pyridine rings is 2. The average molecular weight is 474 g/mol. The van der Waals surface area contributed by atoms with E-state index in [0.717, 1.165) is 5.44 Å². The fourth-order valence-electron chi connectivity index (χ4n) is 3.51. The second-order valence-corrected chi connectivity index (χ2v) is 10.2. The summed E-state index contributed by atoms with van der Waals surface area (Å²) in [4.78, 5) is 8.62. The van der Waals surface area contributed by atoms with E-state index in [4.69, 9.17) is 11.6 Å². The first kappa shape index (κ1) is 22.5. The van der Waals surface area contributed by atoms with Gasteiger partial charge >= 0.3 is 0 Å². The van der Waals surface area contributed by atoms with Gasteiger partial charge in [0, 0.05) is 29.9 Å². The van der Waals surface area contributed by atoms with Crippen molar-refractivity contribution in [3.8, 4) is 11.1 Å². The number of rotatable bonds is 5. The van der Waals surface area contributed by atoms with Crippen LogP contribution < -0.4 is 10.8 Å². The molecule has 0 amide bonds. The lowest BCUT2D eigenvalue weighted by molar-refractivity contribution is 0.597. The number of hydrogen-bond acceptors (Lipinski definition) is 3. The average Bonchev–Trinajstić information content (AvgIpc) is 2.76. The van der Waals surface area contributed by atoms with Gasteiger partial charge in [0.05, 0.1) is 38.3 Å². The second-order valence-electron chi connectivity index (χ2n) is 7.57. The molecular formula is C24H20ClF3N3P. The Morgan fingerprint density at radius 3 is 2.44 bits per heavy atom. The van der Waals surface area contributed by atoms with Gasteiger partial charge in [-0.2, -0.15) is 0 Å². The summed E-state index contributed by atoms with van der Waals surface area (Å²) < 4.78 is 44.8. The normalized spacial score (nSPS) is 11.4. The van der Waals surface area contributed by atoms with Gasteiger partial charge in [0.25, 0.3) is 0 Å². The molecule has 0 spiro atoms. The number of aromatic nitrogens is 2. The number of halogens is 4. The Morgan fingerprint density at radius 2 is 1.78 bits per heavy atom. The van der Waals surface area contributed by atoms with Crippen LogP contribution in [0.2, 0.25) is 5.02 Å². The smallest absolute Gasteiger partial charge is 0.145 e. The molecule has 0 bridgehead atoms. The third kappa shape index (κ3) is 4.17. The van der Waals surface area contributed by atoms with Crippen molar-refractivity contribution in [3.63, 3.8) is 0 Å². The van der Waals surface area contributed by atoms with Crippen molar-refractivity contribution in [3.05, 3.63) is 82.4 Å². The van der Waals surface area contributed by atoms with Gasteiger partial charge in [-0.3, -0.25) is 9.97 Å². The van der Waals surface area contributed by atoms with Crippen LogP contribution in [0.5, 0.6) is 0 Å². The molecule has 3 nitrogen and oxygen atoms in total. The van der Waals surface area contributed by atoms with E-state index in [9.17, 15) is 8.78 Å². The maximum absolute atomic E-state index is 15.8. The van der Waals surface area contributed by atoms with Crippen LogP contribution in [0.4, 0.5) is 18.9 Å². The van der Waals surface area contributed by atoms with Crippen LogP contribution in [0, 0.1) is 24.4 Å². The lowest BCUT2D eigenvalue weighted by atomic mass is 10.0. The van der Waals surface area contributed by atoms with Gasteiger partial charge in [0.1, 0.15) is 17.5 Å². The van der Waals surface area contributed by atoms with Crippen LogP contribution in [-0.2, 0) is 6.54 Å². The van der Waals surface area contributed by atoms with Crippen molar-refractivity contribution in [2.24, 2.45) is 0 Å². The lowest BCUT2D eigenvalue weighted by Crippen LogP contribution is -2.07. The summed E-state index contributed by atoms with van der Waals surface area (Å²) in [6.07, 6.45) is 1.47. The van der Waals surface area contributed by atoms with Crippen molar-refractivity contribution in [1.82, 2.24) is 9.97 Å². The highest BCUT2D eigenvalue weighted by atomic mass is 35.5. The Bertz CT molecular complexity index is 1310. The number of fused-ring (bicyclic) bond motifs is 1. The SMILES string of the molecule is Cc1nc2cc(F)c(-c3ccc(P(C)C)nc3)c(F)c2c(NCc2ccccc2F)c1Cl. The predicted molar refractivity (Wildman–Crippen MR) is 127 cm³/mol. The molecule has 4 rings (SSSR count). The largest absolute Gasteiger partial charge is 0.379 e. The summed E-state index contributed by atoms with van der Waals surface area (Å²) in [5.74, 6) is -1.93. The number of nitrogens with one attached hydrogen (secondary N) is 1. The number of nitrogens with zero attached hydrogens (tertiary/aromatic N) is 2. The van der Waals surface area contributed by atoms with Crippen LogP contribution in [0.3, 0.4) is 0 Å². The van der Waals surface area contributed by atoms with Gasteiger partial charge in [-0.05, 0) is 32.4 Å². The molecule has 2 aromatic heterocycles. The summed E-state index contributed by atoms with van der Waals surface area (Å²) in [5.41, 5.74) is 2.17. The topological polar surface area (TPSA) is 37.8 Å². The first-order valence-corrected chi connectivity index (χ1v) is 12.5. The first-order chi connectivity index (χ1) is 15.3. The minimum Gasteiger partial charge on any atom is -0.379 e. The van der Waals surface area contributed by atoms with E-state index in [2.05, 4.69) is 28.6 Å². The molecule has 8 heteroatoms. The molecule has 32 heavy (non-hydrogen) atoms. The Labute approximate surface area is 190 Å². The number of hydrogen-bond donors (Lipinski definition) is 1. The van der Waals surface area contributed by atoms with Crippen molar-refractivity contribution in [2.75, 3.05) is 18.6 Å². The quantitative estimate of drug-likeness (QED) is 0.329. The van der Waals surface area contributed by atoms with Crippen molar-refractivity contribution in [1.29, 1.82) is 0 Å². The van der Waals surface area contributed by atoms with Gasteiger partial charge < -0.3 is 5.32 Å². The monoisotopic (exact) mass is 473 g/mol. The fourth-order valence-corrected chi connectivity index (χ4v) is 4.37. The van der Waals surface area contributed by atoms with E-state index in [0.29, 0.717) is 16.8 Å². The molecule has 164 valence electrons. The number of aryl methyl sites for hydroxylation is 1. The van der Waals surface area contributed by atoms with Crippen LogP contribution in [0.25, 0.3) is 22.0 Å². The molecule has 0 aliphatic rings. The van der Waals surface area contributed by atoms with Crippen molar-refractivity contribution >= 4 is 41.5 Å². The lowest BCUT2D eigenvalue weighted by Gasteiger charge is -2.17. The Hall–Kier alpha value is -2.69. The molecule has 2 heterocycles. The van der Waals surface area contributed by atoms with E-state index in [-0.39, 0.29) is 33.7 Å². The molecule has 0 unspecified atom stereocenters. The Morgan fingerprint density at radius 1 is 1.03 bits per heavy atom. The molecule has 2 aromatic carbocycles. The zero-order valence-electron chi connectivity index (χ0n) is 17.7. The summed E-state index contributed by atoms with van der Waals surface area (Å²) in [6.45, 7) is 5.83. The maximum atomic E-state index is 15.8. The zero-order valence-corrected chi connectivity index (χ0v) is 19.3. The maximum Gasteiger partial charge on any atom is 0.145 e. The summed E-state index contributed by atoms with van der Waals surface area (Å²) in [6, 6.07) is 10.9. The molecule has 0 aliphatic carbocycles. The van der Waals surface area contributed by atoms with Crippen LogP contribution in [0.1, 0.15) is 11.3 Å². The van der Waals surface area contributed by atoms with Crippen molar-refractivity contribution < 1.29 is 13.2 Å². The molecule has 4 aromatic rings. The highest BCUT2D eigenvalue weighted by Crippen LogP contribution is 2.39. The summed E-state index contributed by atoms with van der Waals surface area (Å²) in [5, 5.41) is 3.27. The van der Waals surface area contributed by atoms with E-state index >= 15 is 4.39 Å². The Kier molecular flexibility index (Phi) is 6.36. The minimum absolute atomic E-state index is 0.0469. The van der Waals surface area contributed by atoms with E-state index < -0.39 is 25.4 Å². The molecule has 0 saturated carbocycles. The third-order valence-electron chi connectivity index (χ3n) is 5.18. The molecule has 0 aliphatic heterocycles. The second kappa shape index (κ2) is 9.05. The molecule has 0 atom stereocenters. The number of benzene rings is 2. The minimum atomic E-state index is -0.796. The molecule has 0 fully saturated rings. The molecule has 0 saturated heterocycles. The number of anilines is 1. The fraction of sp³-hybridized carbons (Fsp3) is 0.167. The molecule has 1 N–H and O–H groups in total. The van der Waals surface area contributed by atoms with Crippen molar-refractivity contribution in [2.45, 2.75) is 13.5 Å². The third-order valence-corrected chi connectivity index (χ3v) is 6.82. The first-order valence-electron chi connectivity index (χ1n) is 9.86. The van der Waals surface area contributed by atoms with Gasteiger partial charge in [0.15, 0.2) is 0 Å². The van der Waals surface area contributed by atoms with E-state index in [1.165, 1.54) is 18.3 Å². The molecular weight excluding hydrogens is 454 g/mol. The van der Waals surface area contributed by atoms with E-state index in [1.807, 2.05) is 0 Å². The highest BCUT2D eigenvalue weighted by Gasteiger charge is 2.22. The summed E-state index contributed by atoms with van der Waals surface area (Å²) in [7, 11) is -0.430. The standard InChI is InChI=1S/C24H20ClF3N3P/c1-13-22(25)24(30-11-14-6-4-5-7-16(14)26)21-18(31-13)10-17(27)20(23(21)28)15-8-9-19(29-12-15)32(2)3/h4-10,12H,11H2,1-3H3,(H,30,31). The van der Waals surface area contributed by atoms with Gasteiger partial charge in [-0.1, -0.05) is 43.8 Å².